The molecule has 0 aliphatic rings. The number of halogens is 1. The van der Waals surface area contributed by atoms with Crippen LogP contribution in [-0.4, -0.2) is 20.8 Å². The van der Waals surface area contributed by atoms with E-state index >= 15 is 0 Å². The summed E-state index contributed by atoms with van der Waals surface area (Å²) in [5, 5.41) is 16.7. The number of carbonyl (C=O) groups excluding carboxylic acids is 1. The van der Waals surface area contributed by atoms with Crippen molar-refractivity contribution in [3.8, 4) is 16.9 Å². The third-order valence-corrected chi connectivity index (χ3v) is 4.67. The number of nitrogens with one attached hydrogen (secondary N) is 1. The molecule has 0 fully saturated rings. The summed E-state index contributed by atoms with van der Waals surface area (Å²) in [6, 6.07) is 22.7. The zero-order valence-corrected chi connectivity index (χ0v) is 16.6. The Morgan fingerprint density at radius 1 is 1.03 bits per heavy atom. The Labute approximate surface area is 179 Å². The molecule has 4 aromatic rings. The van der Waals surface area contributed by atoms with Crippen molar-refractivity contribution >= 4 is 17.7 Å². The second-order valence-corrected chi connectivity index (χ2v) is 6.90. The number of para-hydroxylation sites is 1. The number of hydrogen-bond donors (Lipinski definition) is 2. The number of aliphatic hydroxyl groups excluding tert-OH is 1. The zero-order chi connectivity index (χ0) is 21.6. The quantitative estimate of drug-likeness (QED) is 0.445. The number of carbonyl (C=O) groups is 1. The summed E-state index contributed by atoms with van der Waals surface area (Å²) < 4.78 is 15.1. The average Bonchev–Trinajstić information content (AvgIpc) is 3.23. The molecule has 2 N–H and O–H groups in total. The van der Waals surface area contributed by atoms with E-state index in [1.54, 1.807) is 47.2 Å². The van der Waals surface area contributed by atoms with Gasteiger partial charge in [-0.25, -0.2) is 9.07 Å². The van der Waals surface area contributed by atoms with Crippen molar-refractivity contribution in [1.29, 1.82) is 0 Å². The summed E-state index contributed by atoms with van der Waals surface area (Å²) in [5.74, 6) is -0.638. The third kappa shape index (κ3) is 4.94. The Kier molecular flexibility index (Phi) is 6.01. The van der Waals surface area contributed by atoms with Crippen LogP contribution in [0.4, 0.5) is 10.1 Å². The number of amides is 1. The molecule has 0 saturated carbocycles. The van der Waals surface area contributed by atoms with Crippen molar-refractivity contribution in [2.75, 3.05) is 5.32 Å². The normalized spacial score (nSPS) is 11.0. The molecule has 6 heteroatoms. The number of aromatic nitrogens is 2. The Balaban J connectivity index is 1.63. The van der Waals surface area contributed by atoms with Crippen LogP contribution in [0, 0.1) is 5.82 Å². The third-order valence-electron chi connectivity index (χ3n) is 4.67. The molecule has 0 unspecified atom stereocenters. The van der Waals surface area contributed by atoms with Crippen molar-refractivity contribution in [3.05, 3.63) is 108 Å². The number of aliphatic hydroxyl groups is 1. The van der Waals surface area contributed by atoms with Gasteiger partial charge in [0.05, 0.1) is 18.0 Å². The highest BCUT2D eigenvalue weighted by molar-refractivity contribution is 6.02. The van der Waals surface area contributed by atoms with E-state index in [-0.39, 0.29) is 18.3 Å². The minimum Gasteiger partial charge on any atom is -0.392 e. The fourth-order valence-corrected chi connectivity index (χ4v) is 3.15. The molecule has 4 rings (SSSR count). The van der Waals surface area contributed by atoms with Gasteiger partial charge in [-0.05, 0) is 60.2 Å². The van der Waals surface area contributed by atoms with Gasteiger partial charge in [0.25, 0.3) is 0 Å². The van der Waals surface area contributed by atoms with Gasteiger partial charge in [0, 0.05) is 29.1 Å². The molecule has 0 radical (unpaired) electrons. The topological polar surface area (TPSA) is 67.2 Å². The van der Waals surface area contributed by atoms with Crippen LogP contribution in [0.1, 0.15) is 11.1 Å². The van der Waals surface area contributed by atoms with Crippen LogP contribution < -0.4 is 5.32 Å². The molecule has 1 aromatic heterocycles. The number of anilines is 1. The van der Waals surface area contributed by atoms with Gasteiger partial charge in [0.2, 0.25) is 5.91 Å². The van der Waals surface area contributed by atoms with Crippen LogP contribution in [0.5, 0.6) is 0 Å². The summed E-state index contributed by atoms with van der Waals surface area (Å²) in [6.07, 6.45) is 4.92. The Bertz CT molecular complexity index is 1220. The summed E-state index contributed by atoms with van der Waals surface area (Å²) in [7, 11) is 0. The fraction of sp³-hybridized carbons (Fsp3) is 0.0400. The molecule has 1 heterocycles. The van der Waals surface area contributed by atoms with E-state index in [0.29, 0.717) is 16.9 Å². The van der Waals surface area contributed by atoms with Crippen LogP contribution in [0.25, 0.3) is 23.0 Å². The highest BCUT2D eigenvalue weighted by Gasteiger charge is 2.11. The first-order chi connectivity index (χ1) is 15.1. The molecule has 31 heavy (non-hydrogen) atoms. The molecule has 0 bridgehead atoms. The number of rotatable bonds is 6. The van der Waals surface area contributed by atoms with Gasteiger partial charge in [-0.3, -0.25) is 4.79 Å². The summed E-state index contributed by atoms with van der Waals surface area (Å²) >= 11 is 0. The average molecular weight is 413 g/mol. The van der Waals surface area contributed by atoms with Crippen LogP contribution in [0.2, 0.25) is 0 Å². The molecule has 1 amide bonds. The van der Waals surface area contributed by atoms with Crippen molar-refractivity contribution in [2.45, 2.75) is 6.61 Å². The largest absolute Gasteiger partial charge is 0.392 e. The van der Waals surface area contributed by atoms with Crippen molar-refractivity contribution in [3.63, 3.8) is 0 Å². The molecular formula is C25H20FN3O2. The number of benzene rings is 3. The second-order valence-electron chi connectivity index (χ2n) is 6.90. The van der Waals surface area contributed by atoms with Gasteiger partial charge in [-0.2, -0.15) is 5.10 Å². The van der Waals surface area contributed by atoms with Crippen LogP contribution >= 0.6 is 0 Å². The van der Waals surface area contributed by atoms with Crippen molar-refractivity contribution < 1.29 is 14.3 Å². The summed E-state index contributed by atoms with van der Waals surface area (Å²) in [6.45, 7) is -0.0980. The lowest BCUT2D eigenvalue weighted by Gasteiger charge is -2.04. The molecule has 0 aliphatic carbocycles. The Hall–Kier alpha value is -4.03. The van der Waals surface area contributed by atoms with E-state index in [0.717, 1.165) is 16.8 Å². The molecule has 0 aliphatic heterocycles. The molecule has 0 spiro atoms. The van der Waals surface area contributed by atoms with Crippen LogP contribution in [0.15, 0.2) is 91.1 Å². The Morgan fingerprint density at radius 2 is 1.81 bits per heavy atom. The van der Waals surface area contributed by atoms with Gasteiger partial charge < -0.3 is 10.4 Å². The van der Waals surface area contributed by atoms with Gasteiger partial charge in [-0.15, -0.1) is 0 Å². The first kappa shape index (κ1) is 20.3. The predicted octanol–water partition coefficient (Wildman–Crippen LogP) is 4.82. The lowest BCUT2D eigenvalue weighted by Crippen LogP contribution is -2.07. The molecule has 5 nitrogen and oxygen atoms in total. The van der Waals surface area contributed by atoms with Crippen LogP contribution in [-0.2, 0) is 11.4 Å². The van der Waals surface area contributed by atoms with E-state index in [2.05, 4.69) is 10.4 Å². The Morgan fingerprint density at radius 3 is 2.55 bits per heavy atom. The SMILES string of the molecule is O=C(/C=C/c1cn(-c2ccccc2)nc1-c1ccc(F)cc1)Nc1cccc(CO)c1. The highest BCUT2D eigenvalue weighted by Crippen LogP contribution is 2.25. The van der Waals surface area contributed by atoms with Crippen LogP contribution in [0.3, 0.4) is 0 Å². The number of hydrogen-bond acceptors (Lipinski definition) is 3. The lowest BCUT2D eigenvalue weighted by molar-refractivity contribution is -0.111. The summed E-state index contributed by atoms with van der Waals surface area (Å²) in [4.78, 5) is 12.4. The maximum atomic E-state index is 13.4. The zero-order valence-electron chi connectivity index (χ0n) is 16.6. The number of nitrogens with zero attached hydrogens (tertiary/aromatic N) is 2. The molecule has 0 atom stereocenters. The van der Waals surface area contributed by atoms with Gasteiger partial charge in [0.15, 0.2) is 0 Å². The smallest absolute Gasteiger partial charge is 0.248 e. The lowest BCUT2D eigenvalue weighted by atomic mass is 10.1. The molecule has 0 saturated heterocycles. The van der Waals surface area contributed by atoms with Gasteiger partial charge in [-0.1, -0.05) is 30.3 Å². The monoisotopic (exact) mass is 413 g/mol. The predicted molar refractivity (Wildman–Crippen MR) is 119 cm³/mol. The van der Waals surface area contributed by atoms with E-state index in [1.165, 1.54) is 18.2 Å². The standard InChI is InChI=1S/C25H20FN3O2/c26-21-12-9-19(10-13-21)25-20(16-29(28-25)23-7-2-1-3-8-23)11-14-24(31)27-22-6-4-5-18(15-22)17-30/h1-16,30H,17H2,(H,27,31)/b14-11+. The van der Waals surface area contributed by atoms with Crippen molar-refractivity contribution in [2.24, 2.45) is 0 Å². The minimum absolute atomic E-state index is 0.0980. The van der Waals surface area contributed by atoms with E-state index in [1.807, 2.05) is 36.5 Å². The molecule has 154 valence electrons. The van der Waals surface area contributed by atoms with E-state index in [9.17, 15) is 14.3 Å². The fourth-order valence-electron chi connectivity index (χ4n) is 3.15. The molecule has 3 aromatic carbocycles. The molecular weight excluding hydrogens is 393 g/mol. The first-order valence-corrected chi connectivity index (χ1v) is 9.72. The second kappa shape index (κ2) is 9.19. The minimum atomic E-state index is -0.326. The first-order valence-electron chi connectivity index (χ1n) is 9.72. The maximum absolute atomic E-state index is 13.4. The van der Waals surface area contributed by atoms with E-state index in [4.69, 9.17) is 0 Å². The maximum Gasteiger partial charge on any atom is 0.248 e. The van der Waals surface area contributed by atoms with Crippen molar-refractivity contribution in [1.82, 2.24) is 9.78 Å². The van der Waals surface area contributed by atoms with E-state index < -0.39 is 0 Å². The van der Waals surface area contributed by atoms with Gasteiger partial charge >= 0.3 is 0 Å². The highest BCUT2D eigenvalue weighted by atomic mass is 19.1. The van der Waals surface area contributed by atoms with Gasteiger partial charge in [0.1, 0.15) is 5.82 Å². The summed E-state index contributed by atoms with van der Waals surface area (Å²) in [5.41, 5.74) is 4.27.